The van der Waals surface area contributed by atoms with Gasteiger partial charge in [-0.2, -0.15) is 4.91 Å². The summed E-state index contributed by atoms with van der Waals surface area (Å²) in [4.78, 5) is 9.72. The van der Waals surface area contributed by atoms with E-state index in [2.05, 4.69) is 5.18 Å². The molecule has 0 fully saturated rings. The Hall–Kier alpha value is -1.26. The van der Waals surface area contributed by atoms with Gasteiger partial charge in [0.15, 0.2) is 0 Å². The molecule has 0 radical (unpaired) electrons. The molecule has 2 N–H and O–H groups in total. The molecule has 0 unspecified atom stereocenters. The number of rotatable bonds is 2. The van der Waals surface area contributed by atoms with Gasteiger partial charge in [0.25, 0.3) is 0 Å². The molecule has 1 aromatic rings. The summed E-state index contributed by atoms with van der Waals surface area (Å²) in [6.45, 7) is 0.279. The third-order valence-corrected chi connectivity index (χ3v) is 1.09. The molecular formula is C9H15NO3. The lowest BCUT2D eigenvalue weighted by Crippen LogP contribution is -1.75. The summed E-state index contributed by atoms with van der Waals surface area (Å²) in [5, 5.41) is 16.8. The van der Waals surface area contributed by atoms with Gasteiger partial charge in [-0.25, -0.2) is 0 Å². The number of hydrogen-bond acceptors (Lipinski definition) is 4. The lowest BCUT2D eigenvalue weighted by molar-refractivity contribution is 0.399. The van der Waals surface area contributed by atoms with Crippen LogP contribution in [0.2, 0.25) is 0 Å². The molecule has 0 aliphatic rings. The first-order valence-electron chi connectivity index (χ1n) is 3.66. The van der Waals surface area contributed by atoms with Crippen molar-refractivity contribution in [2.45, 2.75) is 6.54 Å². The molecule has 0 aromatic heterocycles. The lowest BCUT2D eigenvalue weighted by Gasteiger charge is -1.88. The molecular weight excluding hydrogens is 170 g/mol. The van der Waals surface area contributed by atoms with Crippen molar-refractivity contribution in [2.75, 3.05) is 14.2 Å². The second kappa shape index (κ2) is 13.3. The minimum absolute atomic E-state index is 0.279. The van der Waals surface area contributed by atoms with Crippen molar-refractivity contribution in [3.63, 3.8) is 0 Å². The highest BCUT2D eigenvalue weighted by Gasteiger charge is 1.85. The van der Waals surface area contributed by atoms with Crippen molar-refractivity contribution in [2.24, 2.45) is 5.18 Å². The average Bonchev–Trinajstić information content (AvgIpc) is 2.26. The quantitative estimate of drug-likeness (QED) is 0.679. The van der Waals surface area contributed by atoms with E-state index in [9.17, 15) is 4.91 Å². The number of aliphatic hydroxyl groups excluding tert-OH is 2. The van der Waals surface area contributed by atoms with Crippen molar-refractivity contribution in [1.82, 2.24) is 0 Å². The number of hydrogen-bond donors (Lipinski definition) is 2. The van der Waals surface area contributed by atoms with Crippen LogP contribution in [0, 0.1) is 4.91 Å². The Bertz CT molecular complexity index is 189. The maximum absolute atomic E-state index is 9.72. The maximum atomic E-state index is 9.72. The van der Waals surface area contributed by atoms with E-state index in [1.54, 1.807) is 0 Å². The number of benzene rings is 1. The molecule has 0 spiro atoms. The summed E-state index contributed by atoms with van der Waals surface area (Å²) < 4.78 is 0. The van der Waals surface area contributed by atoms with Gasteiger partial charge in [0.2, 0.25) is 0 Å². The summed E-state index contributed by atoms with van der Waals surface area (Å²) in [6, 6.07) is 9.44. The van der Waals surface area contributed by atoms with E-state index >= 15 is 0 Å². The third kappa shape index (κ3) is 8.65. The van der Waals surface area contributed by atoms with Gasteiger partial charge in [-0.15, -0.1) is 0 Å². The Labute approximate surface area is 77.8 Å². The van der Waals surface area contributed by atoms with Gasteiger partial charge in [0, 0.05) is 14.2 Å². The van der Waals surface area contributed by atoms with E-state index in [1.807, 2.05) is 30.3 Å². The normalized spacial score (nSPS) is 7.08. The van der Waals surface area contributed by atoms with Crippen LogP contribution in [-0.2, 0) is 6.54 Å². The van der Waals surface area contributed by atoms with Crippen LogP contribution in [0.25, 0.3) is 0 Å². The number of nitroso groups, excluding NO2 is 1. The summed E-state index contributed by atoms with van der Waals surface area (Å²) >= 11 is 0. The molecule has 0 saturated heterocycles. The van der Waals surface area contributed by atoms with Gasteiger partial charge in [-0.1, -0.05) is 35.5 Å². The molecule has 0 aliphatic heterocycles. The van der Waals surface area contributed by atoms with Crippen LogP contribution in [0.5, 0.6) is 0 Å². The van der Waals surface area contributed by atoms with Crippen molar-refractivity contribution >= 4 is 0 Å². The van der Waals surface area contributed by atoms with Crippen molar-refractivity contribution in [3.05, 3.63) is 40.8 Å². The van der Waals surface area contributed by atoms with Crippen molar-refractivity contribution < 1.29 is 10.2 Å². The molecule has 1 rings (SSSR count). The Morgan fingerprint density at radius 3 is 1.92 bits per heavy atom. The van der Waals surface area contributed by atoms with Crippen LogP contribution < -0.4 is 0 Å². The van der Waals surface area contributed by atoms with E-state index in [0.29, 0.717) is 0 Å². The lowest BCUT2D eigenvalue weighted by atomic mass is 10.2. The van der Waals surface area contributed by atoms with Crippen LogP contribution in [0.15, 0.2) is 35.5 Å². The van der Waals surface area contributed by atoms with E-state index in [-0.39, 0.29) is 6.54 Å². The maximum Gasteiger partial charge on any atom is 0.106 e. The number of aliphatic hydroxyl groups is 2. The van der Waals surface area contributed by atoms with Crippen LogP contribution in [0.1, 0.15) is 5.56 Å². The first kappa shape index (κ1) is 14.3. The fourth-order valence-electron chi connectivity index (χ4n) is 0.658. The van der Waals surface area contributed by atoms with E-state index < -0.39 is 0 Å². The molecule has 13 heavy (non-hydrogen) atoms. The summed E-state index contributed by atoms with van der Waals surface area (Å²) in [6.07, 6.45) is 0. The van der Waals surface area contributed by atoms with Crippen molar-refractivity contribution in [3.8, 4) is 0 Å². The fourth-order valence-corrected chi connectivity index (χ4v) is 0.658. The highest BCUT2D eigenvalue weighted by Crippen LogP contribution is 1.98. The van der Waals surface area contributed by atoms with E-state index in [4.69, 9.17) is 10.2 Å². The zero-order valence-corrected chi connectivity index (χ0v) is 7.84. The van der Waals surface area contributed by atoms with Gasteiger partial charge < -0.3 is 10.2 Å². The minimum Gasteiger partial charge on any atom is -0.400 e. The highest BCUT2D eigenvalue weighted by atomic mass is 16.3. The minimum atomic E-state index is 0.279. The summed E-state index contributed by atoms with van der Waals surface area (Å²) in [7, 11) is 2.00. The molecule has 0 atom stereocenters. The Balaban J connectivity index is 0. The largest absolute Gasteiger partial charge is 0.400 e. The standard InChI is InChI=1S/C7H7NO.2CH4O/c9-8-6-7-4-2-1-3-5-7;2*1-2/h1-5H,6H2;2*2H,1H3. The van der Waals surface area contributed by atoms with Gasteiger partial charge in [-0.05, 0) is 5.56 Å². The van der Waals surface area contributed by atoms with Gasteiger partial charge in [0.05, 0.1) is 0 Å². The molecule has 0 amide bonds. The molecule has 0 aliphatic carbocycles. The van der Waals surface area contributed by atoms with Crippen LogP contribution >= 0.6 is 0 Å². The molecule has 74 valence electrons. The van der Waals surface area contributed by atoms with Gasteiger partial charge in [0.1, 0.15) is 6.54 Å². The molecule has 1 aromatic carbocycles. The van der Waals surface area contributed by atoms with Crippen LogP contribution in [-0.4, -0.2) is 24.4 Å². The van der Waals surface area contributed by atoms with Crippen LogP contribution in [0.3, 0.4) is 0 Å². The van der Waals surface area contributed by atoms with E-state index in [0.717, 1.165) is 19.8 Å². The van der Waals surface area contributed by atoms with Crippen LogP contribution in [0.4, 0.5) is 0 Å². The van der Waals surface area contributed by atoms with E-state index in [1.165, 1.54) is 0 Å². The Kier molecular flexibility index (Phi) is 14.6. The van der Waals surface area contributed by atoms with Crippen molar-refractivity contribution in [1.29, 1.82) is 0 Å². The predicted molar refractivity (Wildman–Crippen MR) is 52.2 cm³/mol. The Morgan fingerprint density at radius 1 is 1.08 bits per heavy atom. The van der Waals surface area contributed by atoms with Gasteiger partial charge in [-0.3, -0.25) is 0 Å². The summed E-state index contributed by atoms with van der Waals surface area (Å²) in [5.41, 5.74) is 0.965. The number of nitrogens with zero attached hydrogens (tertiary/aromatic N) is 1. The third-order valence-electron chi connectivity index (χ3n) is 1.09. The first-order valence-corrected chi connectivity index (χ1v) is 3.66. The second-order valence-corrected chi connectivity index (χ2v) is 1.77. The second-order valence-electron chi connectivity index (χ2n) is 1.77. The molecule has 0 heterocycles. The smallest absolute Gasteiger partial charge is 0.106 e. The first-order chi connectivity index (χ1) is 6.43. The molecule has 0 saturated carbocycles. The average molecular weight is 185 g/mol. The topological polar surface area (TPSA) is 69.9 Å². The zero-order valence-electron chi connectivity index (χ0n) is 7.84. The summed E-state index contributed by atoms with van der Waals surface area (Å²) in [5.74, 6) is 0. The Morgan fingerprint density at radius 2 is 1.54 bits per heavy atom. The monoisotopic (exact) mass is 185 g/mol. The highest BCUT2D eigenvalue weighted by molar-refractivity contribution is 5.14. The zero-order chi connectivity index (χ0) is 10.5. The fraction of sp³-hybridized carbons (Fsp3) is 0.333. The predicted octanol–water partition coefficient (Wildman–Crippen LogP) is 1.17. The van der Waals surface area contributed by atoms with Gasteiger partial charge >= 0.3 is 0 Å². The molecule has 0 bridgehead atoms. The SMILES string of the molecule is CO.CO.O=NCc1ccccc1. The molecule has 4 nitrogen and oxygen atoms in total. The molecule has 4 heteroatoms.